The van der Waals surface area contributed by atoms with Crippen LogP contribution in [0.25, 0.3) is 5.83 Å². The predicted molar refractivity (Wildman–Crippen MR) is 197 cm³/mol. The van der Waals surface area contributed by atoms with E-state index >= 15 is 0 Å². The van der Waals surface area contributed by atoms with Crippen molar-refractivity contribution in [3.8, 4) is 17.2 Å². The van der Waals surface area contributed by atoms with Gasteiger partial charge in [-0.2, -0.15) is 17.6 Å². The maximum Gasteiger partial charge on any atom is 0.569 e. The van der Waals surface area contributed by atoms with Gasteiger partial charge in [0.1, 0.15) is 17.4 Å². The van der Waals surface area contributed by atoms with Crippen LogP contribution in [0.2, 0.25) is 0 Å². The van der Waals surface area contributed by atoms with E-state index in [-0.39, 0.29) is 38.3 Å². The fourth-order valence-electron chi connectivity index (χ4n) is 6.58. The van der Waals surface area contributed by atoms with Crippen LogP contribution in [-0.2, 0) is 0 Å². The molecule has 0 saturated heterocycles. The first-order valence-corrected chi connectivity index (χ1v) is 19.0. The molecule has 0 aliphatic heterocycles. The van der Waals surface area contributed by atoms with Crippen molar-refractivity contribution < 1.29 is 54.3 Å². The number of allylic oxidation sites excluding steroid dienone is 2. The van der Waals surface area contributed by atoms with Gasteiger partial charge in [-0.1, -0.05) is 39.5 Å². The van der Waals surface area contributed by atoms with Crippen molar-refractivity contribution in [1.29, 1.82) is 0 Å². The fourth-order valence-corrected chi connectivity index (χ4v) is 7.03. The minimum absolute atomic E-state index is 0.139. The molecule has 2 aliphatic rings. The Morgan fingerprint density at radius 2 is 1.04 bits per heavy atom. The van der Waals surface area contributed by atoms with Gasteiger partial charge < -0.3 is 19.2 Å². The summed E-state index contributed by atoms with van der Waals surface area (Å²) < 4.78 is 122. The van der Waals surface area contributed by atoms with Crippen molar-refractivity contribution in [2.75, 3.05) is 13.2 Å². The Balaban J connectivity index is 0.000000288. The molecule has 2 saturated carbocycles. The SMILES string of the molecule is CCCC1CCC(/C(F)=C(\F)I)CC1.CCCC1CCC(/C(F)=C(\F)c2ccc(OCC)c(F)c2F)CC1.CCOc1ccc(O[B]O)c(F)c1F. The van der Waals surface area contributed by atoms with E-state index in [9.17, 15) is 35.1 Å². The van der Waals surface area contributed by atoms with Gasteiger partial charge in [-0.3, -0.25) is 0 Å². The van der Waals surface area contributed by atoms with E-state index in [0.717, 1.165) is 75.5 Å². The Bertz CT molecular complexity index is 1410. The third-order valence-corrected chi connectivity index (χ3v) is 9.78. The highest BCUT2D eigenvalue weighted by Crippen LogP contribution is 2.41. The Kier molecular flexibility index (Phi) is 21.1. The molecule has 1 radical (unpaired) electrons. The van der Waals surface area contributed by atoms with E-state index in [0.29, 0.717) is 18.8 Å². The summed E-state index contributed by atoms with van der Waals surface area (Å²) in [4.78, 5) is 0. The smallest absolute Gasteiger partial charge is 0.535 e. The van der Waals surface area contributed by atoms with Crippen molar-refractivity contribution >= 4 is 36.1 Å². The van der Waals surface area contributed by atoms with Gasteiger partial charge in [0.05, 0.1) is 18.8 Å². The predicted octanol–water partition coefficient (Wildman–Crippen LogP) is 13.0. The largest absolute Gasteiger partial charge is 0.569 e. The zero-order valence-electron chi connectivity index (χ0n) is 30.2. The minimum Gasteiger partial charge on any atom is -0.535 e. The normalized spacial score (nSPS) is 21.0. The van der Waals surface area contributed by atoms with E-state index in [2.05, 4.69) is 18.5 Å². The van der Waals surface area contributed by atoms with E-state index < -0.39 is 61.8 Å². The number of ether oxygens (including phenoxy) is 2. The topological polar surface area (TPSA) is 47.9 Å². The molecular formula is C38H49BF8IO4. The molecule has 4 rings (SSSR count). The minimum atomic E-state index is -1.41. The summed E-state index contributed by atoms with van der Waals surface area (Å²) in [6.07, 6.45) is 11.2. The molecule has 0 spiro atoms. The van der Waals surface area contributed by atoms with E-state index in [1.165, 1.54) is 41.5 Å². The molecule has 2 aliphatic carbocycles. The number of benzene rings is 2. The van der Waals surface area contributed by atoms with Crippen LogP contribution in [0.15, 0.2) is 39.8 Å². The zero-order chi connectivity index (χ0) is 38.8. The number of halogens is 9. The van der Waals surface area contributed by atoms with Crippen molar-refractivity contribution in [2.45, 2.75) is 105 Å². The Labute approximate surface area is 316 Å². The zero-order valence-corrected chi connectivity index (χ0v) is 32.3. The van der Waals surface area contributed by atoms with Gasteiger partial charge in [-0.25, -0.2) is 17.6 Å². The third-order valence-electron chi connectivity index (χ3n) is 9.27. The first-order chi connectivity index (χ1) is 24.8. The molecule has 1 N–H and O–H groups in total. The van der Waals surface area contributed by atoms with Gasteiger partial charge >= 0.3 is 7.69 Å². The molecule has 14 heteroatoms. The average Bonchev–Trinajstić information content (AvgIpc) is 3.14. The summed E-state index contributed by atoms with van der Waals surface area (Å²) in [5, 5.41) is 8.24. The highest BCUT2D eigenvalue weighted by molar-refractivity contribution is 14.1. The molecule has 0 aromatic heterocycles. The van der Waals surface area contributed by atoms with Gasteiger partial charge in [0, 0.05) is 11.8 Å². The molecular weight excluding hydrogens is 810 g/mol. The highest BCUT2D eigenvalue weighted by Gasteiger charge is 2.29. The number of hydrogen-bond acceptors (Lipinski definition) is 4. The number of hydrogen-bond donors (Lipinski definition) is 1. The lowest BCUT2D eigenvalue weighted by Crippen LogP contribution is -2.15. The van der Waals surface area contributed by atoms with Gasteiger partial charge in [0.25, 0.3) is 0 Å². The van der Waals surface area contributed by atoms with Crippen molar-refractivity contribution in [2.24, 2.45) is 23.7 Å². The quantitative estimate of drug-likeness (QED) is 0.124. The van der Waals surface area contributed by atoms with Gasteiger partial charge in [0.15, 0.2) is 27.0 Å². The van der Waals surface area contributed by atoms with E-state index in [1.807, 2.05) is 0 Å². The molecule has 2 aromatic carbocycles. The molecule has 4 nitrogen and oxygen atoms in total. The molecule has 52 heavy (non-hydrogen) atoms. The molecule has 0 unspecified atom stereocenters. The molecule has 0 atom stereocenters. The fraction of sp³-hybridized carbons (Fsp3) is 0.579. The third kappa shape index (κ3) is 13.7. The Morgan fingerprint density at radius 3 is 1.46 bits per heavy atom. The van der Waals surface area contributed by atoms with Crippen LogP contribution >= 0.6 is 22.6 Å². The van der Waals surface area contributed by atoms with Crippen LogP contribution in [0.3, 0.4) is 0 Å². The van der Waals surface area contributed by atoms with Gasteiger partial charge in [-0.15, -0.1) is 0 Å². The second kappa shape index (κ2) is 24.0. The Morgan fingerprint density at radius 1 is 0.635 bits per heavy atom. The van der Waals surface area contributed by atoms with E-state index in [1.54, 1.807) is 13.8 Å². The summed E-state index contributed by atoms with van der Waals surface area (Å²) in [5.41, 5.74) is -0.677. The highest BCUT2D eigenvalue weighted by atomic mass is 127. The van der Waals surface area contributed by atoms with Crippen LogP contribution in [-0.4, -0.2) is 25.9 Å². The maximum atomic E-state index is 14.4. The molecule has 2 aromatic rings. The standard InChI is InChI=1S/C19H24F4O.C11H17F2I.C8H8BF2O3/c1-3-5-12-6-8-13(9-7-12)16(20)17(21)14-10-11-15(24-4-2)19(23)18(14)22;1-2-3-8-4-6-9(7-5-8)10(12)11(13)14;1-2-13-5-3-4-6(14-9-12)8(11)7(5)10/h10-13H,3-9H2,1-2H3;8-9H,2-7H2,1H3;3-4,12H,2H2,1H3/b17-16+;11-10-;. The summed E-state index contributed by atoms with van der Waals surface area (Å²) in [5.74, 6) is -8.06. The van der Waals surface area contributed by atoms with Gasteiger partial charge in [-0.05, 0) is 124 Å². The molecule has 0 bridgehead atoms. The first-order valence-electron chi connectivity index (χ1n) is 17.9. The summed E-state index contributed by atoms with van der Waals surface area (Å²) >= 11 is 1.43. The summed E-state index contributed by atoms with van der Waals surface area (Å²) in [6, 6.07) is 4.54. The van der Waals surface area contributed by atoms with Crippen LogP contribution in [0.5, 0.6) is 17.2 Å². The summed E-state index contributed by atoms with van der Waals surface area (Å²) in [7, 11) is 0.276. The van der Waals surface area contributed by atoms with Crippen LogP contribution in [0, 0.1) is 46.9 Å². The second-order valence-corrected chi connectivity index (χ2v) is 13.7. The Hall–Kier alpha value is -2.49. The molecule has 2 fully saturated rings. The molecule has 0 heterocycles. The van der Waals surface area contributed by atoms with Crippen LogP contribution < -0.4 is 14.1 Å². The van der Waals surface area contributed by atoms with E-state index in [4.69, 9.17) is 14.5 Å². The van der Waals surface area contributed by atoms with Crippen LogP contribution in [0.4, 0.5) is 35.1 Å². The van der Waals surface area contributed by atoms with Crippen molar-refractivity contribution in [1.82, 2.24) is 0 Å². The lowest BCUT2D eigenvalue weighted by Gasteiger charge is -2.27. The number of rotatable bonds is 13. The lowest BCUT2D eigenvalue weighted by atomic mass is 9.79. The van der Waals surface area contributed by atoms with Gasteiger partial charge in [0.2, 0.25) is 17.5 Å². The average molecular weight is 860 g/mol. The second-order valence-electron chi connectivity index (χ2n) is 12.8. The first kappa shape index (κ1) is 45.7. The maximum absolute atomic E-state index is 14.4. The van der Waals surface area contributed by atoms with Crippen molar-refractivity contribution in [3.63, 3.8) is 0 Å². The van der Waals surface area contributed by atoms with Crippen molar-refractivity contribution in [3.05, 3.63) is 68.6 Å². The molecule has 291 valence electrons. The lowest BCUT2D eigenvalue weighted by molar-refractivity contribution is 0.259. The monoisotopic (exact) mass is 859 g/mol. The summed E-state index contributed by atoms with van der Waals surface area (Å²) in [6.45, 7) is 7.96. The van der Waals surface area contributed by atoms with Crippen LogP contribution in [0.1, 0.15) is 110 Å². The molecule has 0 amide bonds.